The number of hydrogen-bond acceptors (Lipinski definition) is 6. The molecule has 0 aliphatic carbocycles. The van der Waals surface area contributed by atoms with Gasteiger partial charge >= 0.3 is 0 Å². The summed E-state index contributed by atoms with van der Waals surface area (Å²) in [4.78, 5) is 19.2. The van der Waals surface area contributed by atoms with Crippen molar-refractivity contribution >= 4 is 17.2 Å². The molecule has 0 aromatic carbocycles. The molecule has 0 spiro atoms. The van der Waals surface area contributed by atoms with Gasteiger partial charge in [0.25, 0.3) is 0 Å². The molecule has 2 aromatic rings. The van der Waals surface area contributed by atoms with Gasteiger partial charge in [-0.1, -0.05) is 11.2 Å². The third kappa shape index (κ3) is 3.68. The summed E-state index contributed by atoms with van der Waals surface area (Å²) in [6.07, 6.45) is 1.87. The molecule has 0 bridgehead atoms. The molecular formula is C14H17N3O3S. The lowest BCUT2D eigenvalue weighted by Crippen LogP contribution is -2.40. The highest BCUT2D eigenvalue weighted by Crippen LogP contribution is 2.21. The SMILES string of the molecule is O=C(CCCc1nc(-c2cccs2)no1)N1CCOCC1. The fourth-order valence-corrected chi connectivity index (χ4v) is 2.87. The van der Waals surface area contributed by atoms with Gasteiger partial charge in [0.1, 0.15) is 0 Å². The summed E-state index contributed by atoms with van der Waals surface area (Å²) in [5.74, 6) is 1.39. The molecule has 0 atom stereocenters. The van der Waals surface area contributed by atoms with E-state index in [2.05, 4.69) is 10.1 Å². The van der Waals surface area contributed by atoms with Crippen LogP contribution < -0.4 is 0 Å². The van der Waals surface area contributed by atoms with Crippen LogP contribution in [0.1, 0.15) is 18.7 Å². The van der Waals surface area contributed by atoms with Crippen molar-refractivity contribution in [1.82, 2.24) is 15.0 Å². The summed E-state index contributed by atoms with van der Waals surface area (Å²) in [5.41, 5.74) is 0. The first kappa shape index (κ1) is 14.2. The first-order valence-electron chi connectivity index (χ1n) is 7.05. The zero-order chi connectivity index (χ0) is 14.5. The van der Waals surface area contributed by atoms with Crippen LogP contribution in [0.4, 0.5) is 0 Å². The van der Waals surface area contributed by atoms with Crippen LogP contribution in [-0.4, -0.2) is 47.3 Å². The zero-order valence-electron chi connectivity index (χ0n) is 11.7. The molecule has 112 valence electrons. The average molecular weight is 307 g/mol. The molecule has 1 aliphatic heterocycles. The highest BCUT2D eigenvalue weighted by molar-refractivity contribution is 7.13. The van der Waals surface area contributed by atoms with Crippen LogP contribution in [0.2, 0.25) is 0 Å². The largest absolute Gasteiger partial charge is 0.378 e. The van der Waals surface area contributed by atoms with Crippen molar-refractivity contribution in [3.05, 3.63) is 23.4 Å². The van der Waals surface area contributed by atoms with E-state index in [0.717, 1.165) is 11.3 Å². The maximum Gasteiger partial charge on any atom is 0.226 e. The second-order valence-corrected chi connectivity index (χ2v) is 5.78. The number of thiophene rings is 1. The molecule has 0 saturated carbocycles. The van der Waals surface area contributed by atoms with Crippen molar-refractivity contribution in [2.24, 2.45) is 0 Å². The maximum atomic E-state index is 12.0. The topological polar surface area (TPSA) is 68.5 Å². The van der Waals surface area contributed by atoms with Gasteiger partial charge in [0.05, 0.1) is 18.1 Å². The Kier molecular flexibility index (Phi) is 4.62. The van der Waals surface area contributed by atoms with Gasteiger partial charge in [-0.2, -0.15) is 4.98 Å². The fourth-order valence-electron chi connectivity index (χ4n) is 2.22. The van der Waals surface area contributed by atoms with E-state index in [9.17, 15) is 4.79 Å². The molecule has 3 heterocycles. The van der Waals surface area contributed by atoms with E-state index in [0.29, 0.717) is 50.9 Å². The smallest absolute Gasteiger partial charge is 0.226 e. The van der Waals surface area contributed by atoms with E-state index >= 15 is 0 Å². The summed E-state index contributed by atoms with van der Waals surface area (Å²) in [6, 6.07) is 3.91. The van der Waals surface area contributed by atoms with Crippen LogP contribution in [0.15, 0.2) is 22.0 Å². The van der Waals surface area contributed by atoms with Crippen LogP contribution in [0, 0.1) is 0 Å². The number of carbonyl (C=O) groups is 1. The van der Waals surface area contributed by atoms with Crippen molar-refractivity contribution in [3.63, 3.8) is 0 Å². The van der Waals surface area contributed by atoms with Gasteiger partial charge in [0.15, 0.2) is 0 Å². The number of nitrogens with zero attached hydrogens (tertiary/aromatic N) is 3. The van der Waals surface area contributed by atoms with Crippen LogP contribution in [0.5, 0.6) is 0 Å². The second kappa shape index (κ2) is 6.82. The summed E-state index contributed by atoms with van der Waals surface area (Å²) in [7, 11) is 0. The van der Waals surface area contributed by atoms with Crippen LogP contribution >= 0.6 is 11.3 Å². The standard InChI is InChI=1S/C14H17N3O3S/c18-13(17-6-8-19-9-7-17)5-1-4-12-15-14(16-20-12)11-3-2-10-21-11/h2-3,10H,1,4-9H2. The summed E-state index contributed by atoms with van der Waals surface area (Å²) in [5, 5.41) is 5.94. The number of morpholine rings is 1. The minimum Gasteiger partial charge on any atom is -0.378 e. The number of rotatable bonds is 5. The van der Waals surface area contributed by atoms with E-state index in [-0.39, 0.29) is 5.91 Å². The number of aryl methyl sites for hydroxylation is 1. The minimum atomic E-state index is 0.177. The predicted octanol–water partition coefficient (Wildman–Crippen LogP) is 1.98. The number of carbonyl (C=O) groups excluding carboxylic acids is 1. The van der Waals surface area contributed by atoms with E-state index in [4.69, 9.17) is 9.26 Å². The third-order valence-electron chi connectivity index (χ3n) is 3.35. The van der Waals surface area contributed by atoms with Crippen molar-refractivity contribution in [2.75, 3.05) is 26.3 Å². The molecule has 7 heteroatoms. The Morgan fingerprint density at radius 3 is 3.00 bits per heavy atom. The lowest BCUT2D eigenvalue weighted by molar-refractivity contribution is -0.135. The molecule has 21 heavy (non-hydrogen) atoms. The highest BCUT2D eigenvalue weighted by Gasteiger charge is 2.17. The molecule has 1 saturated heterocycles. The predicted molar refractivity (Wildman–Crippen MR) is 77.9 cm³/mol. The molecule has 1 aliphatic rings. The second-order valence-electron chi connectivity index (χ2n) is 4.84. The Hall–Kier alpha value is -1.73. The summed E-state index contributed by atoms with van der Waals surface area (Å²) < 4.78 is 10.5. The van der Waals surface area contributed by atoms with Gasteiger partial charge in [0.2, 0.25) is 17.6 Å². The van der Waals surface area contributed by atoms with E-state index in [1.165, 1.54) is 0 Å². The molecular weight excluding hydrogens is 290 g/mol. The Labute approximate surface area is 126 Å². The minimum absolute atomic E-state index is 0.177. The van der Waals surface area contributed by atoms with E-state index in [1.54, 1.807) is 11.3 Å². The van der Waals surface area contributed by atoms with Crippen molar-refractivity contribution in [2.45, 2.75) is 19.3 Å². The normalized spacial score (nSPS) is 15.3. The summed E-state index contributed by atoms with van der Waals surface area (Å²) in [6.45, 7) is 2.67. The monoisotopic (exact) mass is 307 g/mol. The first-order valence-corrected chi connectivity index (χ1v) is 7.93. The Morgan fingerprint density at radius 1 is 1.38 bits per heavy atom. The number of ether oxygens (including phenoxy) is 1. The third-order valence-corrected chi connectivity index (χ3v) is 4.22. The van der Waals surface area contributed by atoms with Gasteiger partial charge in [0, 0.05) is 25.9 Å². The van der Waals surface area contributed by atoms with Gasteiger partial charge < -0.3 is 14.2 Å². The summed E-state index contributed by atoms with van der Waals surface area (Å²) >= 11 is 1.58. The molecule has 6 nitrogen and oxygen atoms in total. The Bertz CT molecular complexity index is 576. The molecule has 3 rings (SSSR count). The molecule has 1 amide bonds. The molecule has 0 N–H and O–H groups in total. The lowest BCUT2D eigenvalue weighted by Gasteiger charge is -2.26. The van der Waals surface area contributed by atoms with E-state index < -0.39 is 0 Å². The zero-order valence-corrected chi connectivity index (χ0v) is 12.5. The number of hydrogen-bond donors (Lipinski definition) is 0. The van der Waals surface area contributed by atoms with Gasteiger partial charge in [-0.25, -0.2) is 0 Å². The van der Waals surface area contributed by atoms with Crippen molar-refractivity contribution in [3.8, 4) is 10.7 Å². The van der Waals surface area contributed by atoms with E-state index in [1.807, 2.05) is 22.4 Å². The number of aromatic nitrogens is 2. The van der Waals surface area contributed by atoms with Crippen LogP contribution in [0.25, 0.3) is 10.7 Å². The molecule has 1 fully saturated rings. The van der Waals surface area contributed by atoms with Gasteiger partial charge in [-0.15, -0.1) is 11.3 Å². The van der Waals surface area contributed by atoms with Crippen LogP contribution in [0.3, 0.4) is 0 Å². The van der Waals surface area contributed by atoms with Crippen LogP contribution in [-0.2, 0) is 16.0 Å². The number of amides is 1. The average Bonchev–Trinajstić information content (AvgIpc) is 3.19. The highest BCUT2D eigenvalue weighted by atomic mass is 32.1. The maximum absolute atomic E-state index is 12.0. The molecule has 2 aromatic heterocycles. The molecule has 0 unspecified atom stereocenters. The first-order chi connectivity index (χ1) is 10.3. The van der Waals surface area contributed by atoms with Gasteiger partial charge in [-0.3, -0.25) is 4.79 Å². The van der Waals surface area contributed by atoms with Gasteiger partial charge in [-0.05, 0) is 17.9 Å². The molecule has 0 radical (unpaired) electrons. The fraction of sp³-hybridized carbons (Fsp3) is 0.500. The Morgan fingerprint density at radius 2 is 2.24 bits per heavy atom. The lowest BCUT2D eigenvalue weighted by atomic mass is 10.2. The van der Waals surface area contributed by atoms with Crippen molar-refractivity contribution in [1.29, 1.82) is 0 Å². The quantitative estimate of drug-likeness (QED) is 0.845. The Balaban J connectivity index is 1.46. The van der Waals surface area contributed by atoms with Crippen molar-refractivity contribution < 1.29 is 14.1 Å².